The molecule has 0 atom stereocenters. The van der Waals surface area contributed by atoms with Crippen LogP contribution in [0.1, 0.15) is 12.5 Å². The number of nitrogens with one attached hydrogen (secondary N) is 2. The van der Waals surface area contributed by atoms with Crippen molar-refractivity contribution in [3.8, 4) is 0 Å². The topological polar surface area (TPSA) is 110 Å². The van der Waals surface area contributed by atoms with Crippen LogP contribution in [0.15, 0.2) is 52.9 Å². The lowest BCUT2D eigenvalue weighted by atomic mass is 10.2. The second-order valence-electron chi connectivity index (χ2n) is 5.43. The van der Waals surface area contributed by atoms with Crippen LogP contribution in [0.4, 0.5) is 22.2 Å². The van der Waals surface area contributed by atoms with E-state index in [4.69, 9.17) is 0 Å². The fourth-order valence-corrected chi connectivity index (χ4v) is 4.04. The Morgan fingerprint density at radius 2 is 1.96 bits per heavy atom. The number of rotatable bonds is 7. The smallest absolute Gasteiger partial charge is 0.273 e. The minimum Gasteiger partial charge on any atom is -0.330 e. The molecule has 0 radical (unpaired) electrons. The summed E-state index contributed by atoms with van der Waals surface area (Å²) in [6.45, 7) is 1.45. The molecule has 138 valence electrons. The highest BCUT2D eigenvalue weighted by atomic mass is 32.2. The fraction of sp³-hybridized carbons (Fsp3) is 0.118. The summed E-state index contributed by atoms with van der Waals surface area (Å²) in [6, 6.07) is 13.9. The predicted molar refractivity (Wildman–Crippen MR) is 107 cm³/mol. The van der Waals surface area contributed by atoms with Gasteiger partial charge >= 0.3 is 0 Å². The van der Waals surface area contributed by atoms with Gasteiger partial charge in [-0.15, -0.1) is 10.2 Å². The number of nitro groups is 1. The summed E-state index contributed by atoms with van der Waals surface area (Å²) in [4.78, 5) is 21.8. The first-order valence-corrected chi connectivity index (χ1v) is 9.65. The van der Waals surface area contributed by atoms with Gasteiger partial charge in [0.05, 0.1) is 4.92 Å². The van der Waals surface area contributed by atoms with Crippen molar-refractivity contribution in [2.24, 2.45) is 0 Å². The Bertz CT molecular complexity index is 976. The van der Waals surface area contributed by atoms with E-state index in [9.17, 15) is 14.9 Å². The van der Waals surface area contributed by atoms with E-state index in [2.05, 4.69) is 20.8 Å². The second-order valence-corrected chi connectivity index (χ2v) is 7.63. The van der Waals surface area contributed by atoms with Crippen LogP contribution >= 0.6 is 23.1 Å². The molecule has 0 saturated carbocycles. The van der Waals surface area contributed by atoms with E-state index >= 15 is 0 Å². The highest BCUT2D eigenvalue weighted by molar-refractivity contribution is 8.00. The SMILES string of the molecule is CC(=O)Nc1cccc(Nc2nnc(SCc3ccccc3[N+](=O)[O-])s2)c1. The molecule has 3 rings (SSSR count). The van der Waals surface area contributed by atoms with Crippen LogP contribution in [-0.4, -0.2) is 21.0 Å². The number of benzene rings is 2. The number of thioether (sulfide) groups is 1. The van der Waals surface area contributed by atoms with E-state index in [-0.39, 0.29) is 16.5 Å². The maximum Gasteiger partial charge on any atom is 0.273 e. The van der Waals surface area contributed by atoms with Crippen molar-refractivity contribution in [2.45, 2.75) is 17.0 Å². The van der Waals surface area contributed by atoms with Gasteiger partial charge in [-0.2, -0.15) is 0 Å². The maximum absolute atomic E-state index is 11.1. The van der Waals surface area contributed by atoms with Gasteiger partial charge in [0, 0.05) is 35.7 Å². The van der Waals surface area contributed by atoms with E-state index in [1.165, 1.54) is 36.1 Å². The van der Waals surface area contributed by atoms with Gasteiger partial charge in [0.25, 0.3) is 5.69 Å². The first-order chi connectivity index (χ1) is 13.0. The molecule has 0 aliphatic rings. The number of para-hydroxylation sites is 1. The van der Waals surface area contributed by atoms with Crippen LogP contribution in [0.2, 0.25) is 0 Å². The molecule has 0 spiro atoms. The summed E-state index contributed by atoms with van der Waals surface area (Å²) < 4.78 is 0.702. The zero-order valence-corrected chi connectivity index (χ0v) is 15.8. The summed E-state index contributed by atoms with van der Waals surface area (Å²) in [5.41, 5.74) is 2.19. The van der Waals surface area contributed by atoms with Crippen molar-refractivity contribution < 1.29 is 9.72 Å². The quantitative estimate of drug-likeness (QED) is 0.342. The van der Waals surface area contributed by atoms with Gasteiger partial charge in [0.1, 0.15) is 0 Å². The highest BCUT2D eigenvalue weighted by Gasteiger charge is 2.14. The van der Waals surface area contributed by atoms with E-state index < -0.39 is 0 Å². The predicted octanol–water partition coefficient (Wildman–Crippen LogP) is 4.44. The summed E-state index contributed by atoms with van der Waals surface area (Å²) in [5.74, 6) is 0.292. The molecule has 8 nitrogen and oxygen atoms in total. The van der Waals surface area contributed by atoms with E-state index in [0.717, 1.165) is 5.69 Å². The number of nitro benzene ring substituents is 1. The molecule has 10 heteroatoms. The van der Waals surface area contributed by atoms with Gasteiger partial charge in [-0.05, 0) is 18.2 Å². The fourth-order valence-electron chi connectivity index (χ4n) is 2.27. The molecule has 2 N–H and O–H groups in total. The molecule has 0 aliphatic heterocycles. The zero-order valence-electron chi connectivity index (χ0n) is 14.2. The van der Waals surface area contributed by atoms with Gasteiger partial charge in [-0.25, -0.2) is 0 Å². The van der Waals surface area contributed by atoms with Gasteiger partial charge in [-0.3, -0.25) is 14.9 Å². The van der Waals surface area contributed by atoms with Crippen LogP contribution in [0.3, 0.4) is 0 Å². The lowest BCUT2D eigenvalue weighted by Gasteiger charge is -2.05. The molecule has 1 amide bonds. The van der Waals surface area contributed by atoms with E-state index in [1.807, 2.05) is 12.1 Å². The largest absolute Gasteiger partial charge is 0.330 e. The Morgan fingerprint density at radius 3 is 2.74 bits per heavy atom. The summed E-state index contributed by atoms with van der Waals surface area (Å²) in [5, 5.41) is 25.7. The molecule has 0 saturated heterocycles. The van der Waals surface area contributed by atoms with Crippen LogP contribution in [0.25, 0.3) is 0 Å². The number of hydrogen-bond acceptors (Lipinski definition) is 8. The van der Waals surface area contributed by atoms with Gasteiger partial charge < -0.3 is 10.6 Å². The number of nitrogens with zero attached hydrogens (tertiary/aromatic N) is 3. The Kier molecular flexibility index (Phi) is 5.99. The van der Waals surface area contributed by atoms with Crippen molar-refractivity contribution in [1.82, 2.24) is 10.2 Å². The lowest BCUT2D eigenvalue weighted by Crippen LogP contribution is -2.05. The number of carbonyl (C=O) groups is 1. The lowest BCUT2D eigenvalue weighted by molar-refractivity contribution is -0.385. The van der Waals surface area contributed by atoms with Crippen LogP contribution < -0.4 is 10.6 Å². The molecule has 1 heterocycles. The third-order valence-corrected chi connectivity index (χ3v) is 5.40. The molecule has 0 aliphatic carbocycles. The number of amides is 1. The Morgan fingerprint density at radius 1 is 1.19 bits per heavy atom. The van der Waals surface area contributed by atoms with Gasteiger partial charge in [0.15, 0.2) is 4.34 Å². The average molecular weight is 401 g/mol. The van der Waals surface area contributed by atoms with Crippen molar-refractivity contribution in [3.63, 3.8) is 0 Å². The molecule has 2 aromatic carbocycles. The van der Waals surface area contributed by atoms with Crippen molar-refractivity contribution in [2.75, 3.05) is 10.6 Å². The maximum atomic E-state index is 11.1. The number of carbonyl (C=O) groups excluding carboxylic acids is 1. The van der Waals surface area contributed by atoms with Crippen molar-refractivity contribution in [1.29, 1.82) is 0 Å². The monoisotopic (exact) mass is 401 g/mol. The molecular formula is C17H15N5O3S2. The molecule has 1 aromatic heterocycles. The normalized spacial score (nSPS) is 10.4. The zero-order chi connectivity index (χ0) is 19.2. The molecular weight excluding hydrogens is 386 g/mol. The Labute approximate surface area is 163 Å². The molecule has 27 heavy (non-hydrogen) atoms. The minimum atomic E-state index is -0.384. The minimum absolute atomic E-state index is 0.0997. The summed E-state index contributed by atoms with van der Waals surface area (Å²) in [7, 11) is 0. The number of anilines is 3. The van der Waals surface area contributed by atoms with E-state index in [0.29, 0.717) is 26.5 Å². The summed E-state index contributed by atoms with van der Waals surface area (Å²) in [6.07, 6.45) is 0. The second kappa shape index (κ2) is 8.60. The van der Waals surface area contributed by atoms with Crippen molar-refractivity contribution in [3.05, 3.63) is 64.2 Å². The summed E-state index contributed by atoms with van der Waals surface area (Å²) >= 11 is 2.74. The van der Waals surface area contributed by atoms with Crippen LogP contribution in [0.5, 0.6) is 0 Å². The third kappa shape index (κ3) is 5.25. The highest BCUT2D eigenvalue weighted by Crippen LogP contribution is 2.32. The first-order valence-electron chi connectivity index (χ1n) is 7.84. The third-order valence-electron chi connectivity index (χ3n) is 3.38. The van der Waals surface area contributed by atoms with Crippen LogP contribution in [-0.2, 0) is 10.5 Å². The number of aromatic nitrogens is 2. The van der Waals surface area contributed by atoms with Crippen LogP contribution in [0, 0.1) is 10.1 Å². The Hall–Kier alpha value is -2.98. The van der Waals surface area contributed by atoms with Gasteiger partial charge in [0.2, 0.25) is 11.0 Å². The number of hydrogen-bond donors (Lipinski definition) is 2. The molecule has 0 unspecified atom stereocenters. The standard InChI is InChI=1S/C17H15N5O3S2/c1-11(23)18-13-6-4-7-14(9-13)19-16-20-21-17(27-16)26-10-12-5-2-3-8-15(12)22(24)25/h2-9H,10H2,1H3,(H,18,23)(H,19,20). The molecule has 0 fully saturated rings. The molecule has 0 bridgehead atoms. The Balaban J connectivity index is 1.64. The van der Waals surface area contributed by atoms with Gasteiger partial charge in [-0.1, -0.05) is 47.4 Å². The van der Waals surface area contributed by atoms with Crippen molar-refractivity contribution >= 4 is 51.2 Å². The van der Waals surface area contributed by atoms with E-state index in [1.54, 1.807) is 30.3 Å². The first kappa shape index (κ1) is 18.8. The average Bonchev–Trinajstić information content (AvgIpc) is 3.07. The molecule has 3 aromatic rings.